The Balaban J connectivity index is 2.09. The van der Waals surface area contributed by atoms with Crippen LogP contribution >= 0.6 is 0 Å². The summed E-state index contributed by atoms with van der Waals surface area (Å²) in [6.45, 7) is 1.74. The number of nitrogens with zero attached hydrogens (tertiary/aromatic N) is 2. The predicted octanol–water partition coefficient (Wildman–Crippen LogP) is 1.65. The number of rotatable bonds is 3. The largest absolute Gasteiger partial charge is 0.381 e. The van der Waals surface area contributed by atoms with Gasteiger partial charge in [-0.1, -0.05) is 0 Å². The quantitative estimate of drug-likeness (QED) is 0.707. The van der Waals surface area contributed by atoms with Crippen LogP contribution in [0, 0.1) is 22.7 Å². The maximum Gasteiger partial charge on any atom is 0.0732 e. The summed E-state index contributed by atoms with van der Waals surface area (Å²) in [4.78, 5) is 2.26. The maximum absolute atomic E-state index is 9.30. The Kier molecular flexibility index (Phi) is 2.99. The molecule has 0 aromatic heterocycles. The molecule has 0 N–H and O–H groups in total. The van der Waals surface area contributed by atoms with Gasteiger partial charge >= 0.3 is 0 Å². The summed E-state index contributed by atoms with van der Waals surface area (Å²) in [6, 6.07) is 2.99. The number of ether oxygens (including phenoxy) is 1. The smallest absolute Gasteiger partial charge is 0.0732 e. The zero-order valence-electron chi connectivity index (χ0n) is 9.70. The van der Waals surface area contributed by atoms with Gasteiger partial charge in [-0.15, -0.1) is 0 Å². The van der Waals surface area contributed by atoms with E-state index in [0.29, 0.717) is 12.0 Å². The second kappa shape index (κ2) is 4.11. The Morgan fingerprint density at radius 3 is 2.33 bits per heavy atom. The lowest BCUT2D eigenvalue weighted by Gasteiger charge is -2.37. The molecule has 0 radical (unpaired) electrons. The van der Waals surface area contributed by atoms with Crippen LogP contribution < -0.4 is 0 Å². The molecule has 1 heterocycles. The van der Waals surface area contributed by atoms with Gasteiger partial charge in [0.2, 0.25) is 0 Å². The minimum absolute atomic E-state index is 0.0362. The molecule has 0 bridgehead atoms. The number of hydrogen-bond donors (Lipinski definition) is 0. The Hall–Kier alpha value is -0.590. The van der Waals surface area contributed by atoms with Crippen molar-refractivity contribution in [2.24, 2.45) is 11.3 Å². The van der Waals surface area contributed by atoms with Crippen molar-refractivity contribution in [1.29, 1.82) is 5.26 Å². The second-order valence-electron chi connectivity index (χ2n) is 5.13. The van der Waals surface area contributed by atoms with Gasteiger partial charge in [-0.05, 0) is 45.7 Å². The highest BCUT2D eigenvalue weighted by molar-refractivity contribution is 5.17. The van der Waals surface area contributed by atoms with Crippen LogP contribution in [-0.2, 0) is 4.74 Å². The first-order valence-corrected chi connectivity index (χ1v) is 5.85. The highest BCUT2D eigenvalue weighted by atomic mass is 16.5. The third-order valence-corrected chi connectivity index (χ3v) is 3.85. The van der Waals surface area contributed by atoms with Crippen molar-refractivity contribution in [3.8, 4) is 6.07 Å². The van der Waals surface area contributed by atoms with Crippen molar-refractivity contribution in [2.75, 3.05) is 27.3 Å². The molecule has 1 atom stereocenters. The van der Waals surface area contributed by atoms with E-state index in [9.17, 15) is 5.26 Å². The van der Waals surface area contributed by atoms with Gasteiger partial charge in [0.1, 0.15) is 0 Å². The van der Waals surface area contributed by atoms with E-state index >= 15 is 0 Å². The molecule has 3 nitrogen and oxygen atoms in total. The topological polar surface area (TPSA) is 36.3 Å². The first-order chi connectivity index (χ1) is 7.19. The lowest BCUT2D eigenvalue weighted by Crippen LogP contribution is -2.44. The molecule has 1 unspecified atom stereocenters. The van der Waals surface area contributed by atoms with Gasteiger partial charge in [-0.25, -0.2) is 0 Å². The van der Waals surface area contributed by atoms with Gasteiger partial charge in [-0.2, -0.15) is 5.26 Å². The Morgan fingerprint density at radius 1 is 1.33 bits per heavy atom. The standard InChI is InChI=1S/C12H20N2O/c1-14(2)11(12(9-13)5-6-12)10-3-7-15-8-4-10/h10-11H,3-8H2,1-2H3. The minimum atomic E-state index is -0.0362. The Labute approximate surface area is 92.0 Å². The van der Waals surface area contributed by atoms with Crippen molar-refractivity contribution < 1.29 is 4.74 Å². The van der Waals surface area contributed by atoms with E-state index in [1.165, 1.54) is 0 Å². The molecule has 1 saturated carbocycles. The molecule has 3 heteroatoms. The van der Waals surface area contributed by atoms with Crippen molar-refractivity contribution in [3.63, 3.8) is 0 Å². The second-order valence-corrected chi connectivity index (χ2v) is 5.13. The lowest BCUT2D eigenvalue weighted by atomic mass is 9.81. The molecule has 0 spiro atoms. The lowest BCUT2D eigenvalue weighted by molar-refractivity contribution is 0.0238. The van der Waals surface area contributed by atoms with Gasteiger partial charge in [0, 0.05) is 19.3 Å². The monoisotopic (exact) mass is 208 g/mol. The summed E-state index contributed by atoms with van der Waals surface area (Å²) >= 11 is 0. The SMILES string of the molecule is CN(C)C(C1CCOCC1)C1(C#N)CC1. The summed E-state index contributed by atoms with van der Waals surface area (Å²) < 4.78 is 5.39. The van der Waals surface area contributed by atoms with Crippen molar-refractivity contribution in [2.45, 2.75) is 31.7 Å². The molecule has 2 fully saturated rings. The van der Waals surface area contributed by atoms with Gasteiger partial charge in [0.05, 0.1) is 11.5 Å². The summed E-state index contributed by atoms with van der Waals surface area (Å²) in [5.74, 6) is 0.649. The van der Waals surface area contributed by atoms with E-state index in [2.05, 4.69) is 25.1 Å². The third-order valence-electron chi connectivity index (χ3n) is 3.85. The highest BCUT2D eigenvalue weighted by Crippen LogP contribution is 2.52. The first-order valence-electron chi connectivity index (χ1n) is 5.85. The van der Waals surface area contributed by atoms with Gasteiger partial charge in [-0.3, -0.25) is 0 Å². The van der Waals surface area contributed by atoms with Crippen LogP contribution in [-0.4, -0.2) is 38.3 Å². The molecular weight excluding hydrogens is 188 g/mol. The van der Waals surface area contributed by atoms with Crippen molar-refractivity contribution in [1.82, 2.24) is 4.90 Å². The van der Waals surface area contributed by atoms with Crippen molar-refractivity contribution in [3.05, 3.63) is 0 Å². The van der Waals surface area contributed by atoms with Crippen LogP contribution in [0.5, 0.6) is 0 Å². The van der Waals surface area contributed by atoms with Gasteiger partial charge in [0.25, 0.3) is 0 Å². The van der Waals surface area contributed by atoms with E-state index in [4.69, 9.17) is 4.74 Å². The van der Waals surface area contributed by atoms with E-state index in [-0.39, 0.29) is 5.41 Å². The highest BCUT2D eigenvalue weighted by Gasteiger charge is 2.53. The Morgan fingerprint density at radius 2 is 1.93 bits per heavy atom. The summed E-state index contributed by atoms with van der Waals surface area (Å²) in [5.41, 5.74) is -0.0362. The van der Waals surface area contributed by atoms with Crippen LogP contribution in [0.25, 0.3) is 0 Å². The zero-order valence-corrected chi connectivity index (χ0v) is 9.70. The van der Waals surface area contributed by atoms with Gasteiger partial charge < -0.3 is 9.64 Å². The molecule has 0 aromatic carbocycles. The number of hydrogen-bond acceptors (Lipinski definition) is 3. The van der Waals surface area contributed by atoms with Crippen LogP contribution in [0.15, 0.2) is 0 Å². The summed E-state index contributed by atoms with van der Waals surface area (Å²) in [7, 11) is 4.22. The van der Waals surface area contributed by atoms with Crippen LogP contribution in [0.2, 0.25) is 0 Å². The van der Waals surface area contributed by atoms with Gasteiger partial charge in [0.15, 0.2) is 0 Å². The third kappa shape index (κ3) is 2.02. The number of nitriles is 1. The predicted molar refractivity (Wildman–Crippen MR) is 58.3 cm³/mol. The molecule has 1 saturated heterocycles. The molecule has 0 aromatic rings. The molecule has 1 aliphatic heterocycles. The molecule has 84 valence electrons. The van der Waals surface area contributed by atoms with E-state index in [1.807, 2.05) is 0 Å². The fraction of sp³-hybridized carbons (Fsp3) is 0.917. The van der Waals surface area contributed by atoms with Crippen LogP contribution in [0.4, 0.5) is 0 Å². The Bertz CT molecular complexity index is 259. The van der Waals surface area contributed by atoms with E-state index in [1.54, 1.807) is 0 Å². The summed E-state index contributed by atoms with van der Waals surface area (Å²) in [5, 5.41) is 9.30. The van der Waals surface area contributed by atoms with Crippen molar-refractivity contribution >= 4 is 0 Å². The fourth-order valence-electron chi connectivity index (χ4n) is 3.01. The molecule has 1 aliphatic carbocycles. The zero-order chi connectivity index (χ0) is 10.9. The molecule has 2 rings (SSSR count). The van der Waals surface area contributed by atoms with Crippen LogP contribution in [0.1, 0.15) is 25.7 Å². The van der Waals surface area contributed by atoms with E-state index < -0.39 is 0 Å². The molecular formula is C12H20N2O. The normalized spacial score (nSPS) is 27.3. The van der Waals surface area contributed by atoms with Crippen LogP contribution in [0.3, 0.4) is 0 Å². The molecule has 0 amide bonds. The maximum atomic E-state index is 9.30. The fourth-order valence-corrected chi connectivity index (χ4v) is 3.01. The average molecular weight is 208 g/mol. The average Bonchev–Trinajstić information content (AvgIpc) is 3.00. The first kappa shape index (κ1) is 10.9. The minimum Gasteiger partial charge on any atom is -0.381 e. The molecule has 2 aliphatic rings. The van der Waals surface area contributed by atoms with E-state index in [0.717, 1.165) is 38.9 Å². The summed E-state index contributed by atoms with van der Waals surface area (Å²) in [6.07, 6.45) is 4.41. The molecule has 15 heavy (non-hydrogen) atoms.